The smallest absolute Gasteiger partial charge is 0.235 e. The van der Waals surface area contributed by atoms with Gasteiger partial charge in [0.2, 0.25) is 11.2 Å². The van der Waals surface area contributed by atoms with Crippen LogP contribution in [0.3, 0.4) is 0 Å². The number of rotatable bonds is 6. The summed E-state index contributed by atoms with van der Waals surface area (Å²) in [5.41, 5.74) is 2.49. The quantitative estimate of drug-likeness (QED) is 0.409. The van der Waals surface area contributed by atoms with Crippen LogP contribution in [0.4, 0.5) is 0 Å². The van der Waals surface area contributed by atoms with Gasteiger partial charge in [-0.2, -0.15) is 0 Å². The minimum Gasteiger partial charge on any atom is -0.497 e. The fourth-order valence-electron chi connectivity index (χ4n) is 3.11. The topological polar surface area (TPSA) is 57.9 Å². The van der Waals surface area contributed by atoms with E-state index in [9.17, 15) is 4.79 Å². The number of hydrogen-bond acceptors (Lipinski definition) is 5. The van der Waals surface area contributed by atoms with Crippen molar-refractivity contribution in [3.8, 4) is 23.0 Å². The van der Waals surface area contributed by atoms with E-state index in [1.54, 1.807) is 56.5 Å². The third-order valence-corrected chi connectivity index (χ3v) is 4.77. The van der Waals surface area contributed by atoms with Gasteiger partial charge >= 0.3 is 0 Å². The molecule has 0 unspecified atom stereocenters. The summed E-state index contributed by atoms with van der Waals surface area (Å²) in [5.74, 6) is 2.33. The maximum Gasteiger partial charge on any atom is 0.235 e. The minimum absolute atomic E-state index is 0.157. The average molecular weight is 402 g/mol. The summed E-state index contributed by atoms with van der Waals surface area (Å²) in [6.45, 7) is 4.19. The zero-order chi connectivity index (χ0) is 21.1. The SMILES string of the molecule is COc1cccc(Oc2c(C)oc3cc(OCc4ccc(C)cc4)ccc3c2=O)c1. The van der Waals surface area contributed by atoms with Gasteiger partial charge in [0.25, 0.3) is 0 Å². The number of aryl methyl sites for hydroxylation is 2. The van der Waals surface area contributed by atoms with Crippen LogP contribution in [0.2, 0.25) is 0 Å². The van der Waals surface area contributed by atoms with Crippen molar-refractivity contribution in [3.05, 3.63) is 93.8 Å². The Morgan fingerprint density at radius 1 is 0.867 bits per heavy atom. The summed E-state index contributed by atoms with van der Waals surface area (Å²) >= 11 is 0. The molecule has 0 radical (unpaired) electrons. The Labute approximate surface area is 174 Å². The molecule has 0 aliphatic heterocycles. The van der Waals surface area contributed by atoms with Crippen LogP contribution in [0.15, 0.2) is 75.9 Å². The van der Waals surface area contributed by atoms with Crippen LogP contribution in [0.5, 0.6) is 23.0 Å². The number of fused-ring (bicyclic) bond motifs is 1. The van der Waals surface area contributed by atoms with Gasteiger partial charge in [0, 0.05) is 12.1 Å². The van der Waals surface area contributed by atoms with E-state index in [4.69, 9.17) is 18.6 Å². The van der Waals surface area contributed by atoms with Gasteiger partial charge in [-0.05, 0) is 43.7 Å². The summed E-state index contributed by atoms with van der Waals surface area (Å²) in [5, 5.41) is 0.432. The number of methoxy groups -OCH3 is 1. The molecule has 0 atom stereocenters. The van der Waals surface area contributed by atoms with E-state index in [-0.39, 0.29) is 11.2 Å². The molecule has 0 spiro atoms. The van der Waals surface area contributed by atoms with Gasteiger partial charge < -0.3 is 18.6 Å². The van der Waals surface area contributed by atoms with Crippen LogP contribution in [0.1, 0.15) is 16.9 Å². The molecule has 5 nitrogen and oxygen atoms in total. The van der Waals surface area contributed by atoms with Crippen molar-refractivity contribution in [2.75, 3.05) is 7.11 Å². The first-order valence-electron chi connectivity index (χ1n) is 9.61. The van der Waals surface area contributed by atoms with Gasteiger partial charge in [-0.1, -0.05) is 35.9 Å². The highest BCUT2D eigenvalue weighted by atomic mass is 16.5. The molecule has 0 amide bonds. The molecule has 0 aliphatic rings. The lowest BCUT2D eigenvalue weighted by atomic mass is 10.1. The lowest BCUT2D eigenvalue weighted by Crippen LogP contribution is -2.07. The number of benzene rings is 3. The maximum absolute atomic E-state index is 13.0. The van der Waals surface area contributed by atoms with Crippen LogP contribution in [-0.2, 0) is 6.61 Å². The molecule has 4 rings (SSSR count). The van der Waals surface area contributed by atoms with E-state index in [0.717, 1.165) is 5.56 Å². The Hall–Kier alpha value is -3.73. The van der Waals surface area contributed by atoms with E-state index < -0.39 is 0 Å². The molecule has 1 heterocycles. The predicted octanol–water partition coefficient (Wildman–Crippen LogP) is 5.79. The minimum atomic E-state index is -0.235. The molecule has 5 heteroatoms. The fraction of sp³-hybridized carbons (Fsp3) is 0.160. The van der Waals surface area contributed by atoms with E-state index in [1.165, 1.54) is 5.56 Å². The Morgan fingerprint density at radius 3 is 2.40 bits per heavy atom. The maximum atomic E-state index is 13.0. The molecule has 0 saturated carbocycles. The van der Waals surface area contributed by atoms with Crippen molar-refractivity contribution in [1.29, 1.82) is 0 Å². The van der Waals surface area contributed by atoms with Gasteiger partial charge in [-0.25, -0.2) is 0 Å². The second-order valence-electron chi connectivity index (χ2n) is 7.03. The fourth-order valence-corrected chi connectivity index (χ4v) is 3.11. The molecule has 0 aliphatic carbocycles. The Morgan fingerprint density at radius 2 is 1.63 bits per heavy atom. The molecule has 152 valence electrons. The lowest BCUT2D eigenvalue weighted by Gasteiger charge is -2.11. The molecule has 1 aromatic heterocycles. The van der Waals surface area contributed by atoms with Crippen molar-refractivity contribution >= 4 is 11.0 Å². The molecule has 30 heavy (non-hydrogen) atoms. The van der Waals surface area contributed by atoms with Gasteiger partial charge in [0.05, 0.1) is 12.5 Å². The second kappa shape index (κ2) is 8.33. The lowest BCUT2D eigenvalue weighted by molar-refractivity contribution is 0.306. The van der Waals surface area contributed by atoms with E-state index >= 15 is 0 Å². The van der Waals surface area contributed by atoms with Crippen LogP contribution in [-0.4, -0.2) is 7.11 Å². The molecular weight excluding hydrogens is 380 g/mol. The summed E-state index contributed by atoms with van der Waals surface area (Å²) in [4.78, 5) is 13.0. The first kappa shape index (κ1) is 19.6. The Kier molecular flexibility index (Phi) is 5.44. The van der Waals surface area contributed by atoms with E-state index in [0.29, 0.717) is 40.6 Å². The molecule has 3 aromatic carbocycles. The van der Waals surface area contributed by atoms with Crippen LogP contribution in [0.25, 0.3) is 11.0 Å². The number of hydrogen-bond donors (Lipinski definition) is 0. The monoisotopic (exact) mass is 402 g/mol. The zero-order valence-corrected chi connectivity index (χ0v) is 17.1. The van der Waals surface area contributed by atoms with Crippen LogP contribution in [0, 0.1) is 13.8 Å². The standard InChI is InChI=1S/C25H22O5/c1-16-7-9-18(10-8-16)15-28-20-11-12-22-23(14-20)29-17(2)25(24(22)26)30-21-6-4-5-19(13-21)27-3/h4-14H,15H2,1-3H3. The molecular formula is C25H22O5. The molecule has 4 aromatic rings. The number of ether oxygens (including phenoxy) is 3. The van der Waals surface area contributed by atoms with Gasteiger partial charge in [-0.3, -0.25) is 4.79 Å². The van der Waals surface area contributed by atoms with E-state index in [2.05, 4.69) is 0 Å². The van der Waals surface area contributed by atoms with Gasteiger partial charge in [0.1, 0.15) is 35.2 Å². The van der Waals surface area contributed by atoms with Gasteiger partial charge in [-0.15, -0.1) is 0 Å². The van der Waals surface area contributed by atoms with E-state index in [1.807, 2.05) is 31.2 Å². The van der Waals surface area contributed by atoms with Crippen molar-refractivity contribution < 1.29 is 18.6 Å². The molecule has 0 saturated heterocycles. The molecule has 0 N–H and O–H groups in total. The van der Waals surface area contributed by atoms with Crippen molar-refractivity contribution in [1.82, 2.24) is 0 Å². The first-order chi connectivity index (χ1) is 14.5. The summed E-state index contributed by atoms with van der Waals surface area (Å²) in [7, 11) is 1.58. The molecule has 0 fully saturated rings. The van der Waals surface area contributed by atoms with Crippen LogP contribution >= 0.6 is 0 Å². The van der Waals surface area contributed by atoms with Crippen LogP contribution < -0.4 is 19.6 Å². The highest BCUT2D eigenvalue weighted by molar-refractivity contribution is 5.79. The second-order valence-corrected chi connectivity index (χ2v) is 7.03. The normalized spacial score (nSPS) is 10.8. The predicted molar refractivity (Wildman–Crippen MR) is 116 cm³/mol. The first-order valence-corrected chi connectivity index (χ1v) is 9.61. The highest BCUT2D eigenvalue weighted by Crippen LogP contribution is 2.29. The summed E-state index contributed by atoms with van der Waals surface area (Å²) < 4.78 is 22.8. The van der Waals surface area contributed by atoms with Gasteiger partial charge in [0.15, 0.2) is 0 Å². The highest BCUT2D eigenvalue weighted by Gasteiger charge is 2.15. The Balaban J connectivity index is 1.60. The van der Waals surface area contributed by atoms with Crippen molar-refractivity contribution in [3.63, 3.8) is 0 Å². The van der Waals surface area contributed by atoms with Crippen molar-refractivity contribution in [2.45, 2.75) is 20.5 Å². The summed E-state index contributed by atoms with van der Waals surface area (Å²) in [6, 6.07) is 20.4. The van der Waals surface area contributed by atoms with Crippen molar-refractivity contribution in [2.24, 2.45) is 0 Å². The third-order valence-electron chi connectivity index (χ3n) is 4.77. The molecule has 0 bridgehead atoms. The zero-order valence-electron chi connectivity index (χ0n) is 17.1. The third kappa shape index (κ3) is 4.15. The summed E-state index contributed by atoms with van der Waals surface area (Å²) in [6.07, 6.45) is 0. The largest absolute Gasteiger partial charge is 0.497 e. The average Bonchev–Trinajstić information content (AvgIpc) is 2.76. The Bertz CT molecular complexity index is 1240.